The molecule has 1 heterocycles. The number of aromatic nitrogens is 1. The molecule has 0 saturated heterocycles. The standard InChI is InChI=1S/C15H17NS/c1-15(2,3)17-14-9-10-16-11-13(14)12-7-5-4-6-8-12/h4-11H,1-3H3. The SMILES string of the molecule is CC(C)(C)Sc1ccncc1-c1ccccc1. The Hall–Kier alpha value is -1.28. The van der Waals surface area contributed by atoms with Gasteiger partial charge >= 0.3 is 0 Å². The highest BCUT2D eigenvalue weighted by atomic mass is 32.2. The summed E-state index contributed by atoms with van der Waals surface area (Å²) in [6.07, 6.45) is 3.81. The number of thioether (sulfide) groups is 1. The molecule has 1 nitrogen and oxygen atoms in total. The summed E-state index contributed by atoms with van der Waals surface area (Å²) in [5, 5.41) is 0. The second-order valence-electron chi connectivity index (χ2n) is 4.95. The smallest absolute Gasteiger partial charge is 0.0357 e. The highest BCUT2D eigenvalue weighted by Crippen LogP contribution is 2.37. The largest absolute Gasteiger partial charge is 0.264 e. The van der Waals surface area contributed by atoms with Crippen LogP contribution in [-0.2, 0) is 0 Å². The average Bonchev–Trinajstić information content (AvgIpc) is 2.29. The number of hydrogen-bond acceptors (Lipinski definition) is 2. The summed E-state index contributed by atoms with van der Waals surface area (Å²) in [6.45, 7) is 6.69. The lowest BCUT2D eigenvalue weighted by atomic mass is 10.1. The monoisotopic (exact) mass is 243 g/mol. The van der Waals surface area contributed by atoms with E-state index in [1.165, 1.54) is 16.0 Å². The summed E-state index contributed by atoms with van der Waals surface area (Å²) in [5.41, 5.74) is 2.44. The third kappa shape index (κ3) is 3.34. The van der Waals surface area contributed by atoms with Crippen LogP contribution in [0.3, 0.4) is 0 Å². The second-order valence-corrected chi connectivity index (χ2v) is 6.82. The van der Waals surface area contributed by atoms with Gasteiger partial charge in [-0.3, -0.25) is 4.98 Å². The molecule has 0 bridgehead atoms. The van der Waals surface area contributed by atoms with E-state index >= 15 is 0 Å². The maximum atomic E-state index is 4.24. The zero-order valence-corrected chi connectivity index (χ0v) is 11.3. The number of benzene rings is 1. The predicted octanol–water partition coefficient (Wildman–Crippen LogP) is 4.64. The van der Waals surface area contributed by atoms with Crippen molar-refractivity contribution in [3.05, 3.63) is 48.8 Å². The molecule has 0 spiro atoms. The van der Waals surface area contributed by atoms with E-state index in [1.54, 1.807) is 0 Å². The lowest BCUT2D eigenvalue weighted by Crippen LogP contribution is -2.07. The first-order valence-electron chi connectivity index (χ1n) is 5.75. The fourth-order valence-electron chi connectivity index (χ4n) is 1.64. The normalized spacial score (nSPS) is 11.5. The molecule has 0 fully saturated rings. The number of hydrogen-bond donors (Lipinski definition) is 0. The predicted molar refractivity (Wildman–Crippen MR) is 75.3 cm³/mol. The van der Waals surface area contributed by atoms with Crippen molar-refractivity contribution in [2.45, 2.75) is 30.4 Å². The van der Waals surface area contributed by atoms with Crippen molar-refractivity contribution in [1.82, 2.24) is 4.98 Å². The highest BCUT2D eigenvalue weighted by Gasteiger charge is 2.15. The summed E-state index contributed by atoms with van der Waals surface area (Å²) in [4.78, 5) is 5.53. The molecule has 1 aromatic carbocycles. The van der Waals surface area contributed by atoms with Crippen LogP contribution in [-0.4, -0.2) is 9.73 Å². The second kappa shape index (κ2) is 4.92. The van der Waals surface area contributed by atoms with Gasteiger partial charge in [0, 0.05) is 27.6 Å². The molecular weight excluding hydrogens is 226 g/mol. The molecule has 2 rings (SSSR count). The fraction of sp³-hybridized carbons (Fsp3) is 0.267. The molecule has 2 heteroatoms. The van der Waals surface area contributed by atoms with Crippen LogP contribution in [0.4, 0.5) is 0 Å². The van der Waals surface area contributed by atoms with E-state index in [-0.39, 0.29) is 4.75 Å². The minimum absolute atomic E-state index is 0.213. The molecule has 1 aromatic heterocycles. The Labute approximate surface area is 107 Å². The first-order valence-corrected chi connectivity index (χ1v) is 6.56. The molecule has 0 aliphatic rings. The van der Waals surface area contributed by atoms with Crippen LogP contribution in [0.1, 0.15) is 20.8 Å². The van der Waals surface area contributed by atoms with E-state index in [9.17, 15) is 0 Å². The lowest BCUT2D eigenvalue weighted by molar-refractivity contribution is 0.803. The molecule has 0 aliphatic heterocycles. The van der Waals surface area contributed by atoms with Crippen LogP contribution in [0.25, 0.3) is 11.1 Å². The molecular formula is C15H17NS. The Morgan fingerprint density at radius 3 is 2.35 bits per heavy atom. The lowest BCUT2D eigenvalue weighted by Gasteiger charge is -2.19. The molecule has 0 amide bonds. The van der Waals surface area contributed by atoms with Crippen molar-refractivity contribution in [3.63, 3.8) is 0 Å². The van der Waals surface area contributed by atoms with Gasteiger partial charge in [-0.15, -0.1) is 11.8 Å². The van der Waals surface area contributed by atoms with Crippen molar-refractivity contribution >= 4 is 11.8 Å². The summed E-state index contributed by atoms with van der Waals surface area (Å²) < 4.78 is 0.213. The molecule has 2 aromatic rings. The van der Waals surface area contributed by atoms with Crippen molar-refractivity contribution in [1.29, 1.82) is 0 Å². The zero-order valence-electron chi connectivity index (χ0n) is 10.5. The van der Waals surface area contributed by atoms with Gasteiger partial charge in [-0.1, -0.05) is 51.1 Å². The number of pyridine rings is 1. The van der Waals surface area contributed by atoms with E-state index in [2.05, 4.69) is 56.1 Å². The first-order chi connectivity index (χ1) is 8.06. The van der Waals surface area contributed by atoms with Crippen LogP contribution in [0, 0.1) is 0 Å². The van der Waals surface area contributed by atoms with E-state index < -0.39 is 0 Å². The molecule has 0 N–H and O–H groups in total. The maximum Gasteiger partial charge on any atom is 0.0357 e. The molecule has 0 saturated carbocycles. The van der Waals surface area contributed by atoms with Gasteiger partial charge in [0.15, 0.2) is 0 Å². The molecule has 17 heavy (non-hydrogen) atoms. The first kappa shape index (κ1) is 12.2. The minimum Gasteiger partial charge on any atom is -0.264 e. The third-order valence-corrected chi connectivity index (χ3v) is 3.47. The summed E-state index contributed by atoms with van der Waals surface area (Å²) in [6, 6.07) is 12.5. The third-order valence-electron chi connectivity index (χ3n) is 2.28. The van der Waals surface area contributed by atoms with Crippen molar-refractivity contribution in [2.75, 3.05) is 0 Å². The summed E-state index contributed by atoms with van der Waals surface area (Å²) in [7, 11) is 0. The fourth-order valence-corrected chi connectivity index (χ4v) is 2.70. The van der Waals surface area contributed by atoms with Crippen molar-refractivity contribution < 1.29 is 0 Å². The van der Waals surface area contributed by atoms with E-state index in [4.69, 9.17) is 0 Å². The van der Waals surface area contributed by atoms with Crippen LogP contribution < -0.4 is 0 Å². The van der Waals surface area contributed by atoms with Crippen molar-refractivity contribution in [2.24, 2.45) is 0 Å². The quantitative estimate of drug-likeness (QED) is 0.713. The van der Waals surface area contributed by atoms with Gasteiger partial charge in [0.05, 0.1) is 0 Å². The Bertz CT molecular complexity index is 486. The van der Waals surface area contributed by atoms with E-state index in [0.717, 1.165) is 0 Å². The van der Waals surface area contributed by atoms with Gasteiger partial charge in [0.25, 0.3) is 0 Å². The Morgan fingerprint density at radius 1 is 1.00 bits per heavy atom. The Kier molecular flexibility index (Phi) is 3.53. The Morgan fingerprint density at radius 2 is 1.71 bits per heavy atom. The van der Waals surface area contributed by atoms with Gasteiger partial charge in [-0.2, -0.15) is 0 Å². The number of rotatable bonds is 2. The zero-order chi connectivity index (χ0) is 12.3. The molecule has 0 atom stereocenters. The highest BCUT2D eigenvalue weighted by molar-refractivity contribution is 8.00. The Balaban J connectivity index is 2.41. The van der Waals surface area contributed by atoms with Crippen LogP contribution >= 0.6 is 11.8 Å². The number of nitrogens with zero attached hydrogens (tertiary/aromatic N) is 1. The van der Waals surface area contributed by atoms with Crippen LogP contribution in [0.15, 0.2) is 53.7 Å². The minimum atomic E-state index is 0.213. The van der Waals surface area contributed by atoms with Crippen LogP contribution in [0.5, 0.6) is 0 Å². The molecule has 0 radical (unpaired) electrons. The van der Waals surface area contributed by atoms with Gasteiger partial charge in [-0.05, 0) is 11.6 Å². The van der Waals surface area contributed by atoms with Gasteiger partial charge in [0.2, 0.25) is 0 Å². The average molecular weight is 243 g/mol. The van der Waals surface area contributed by atoms with Crippen LogP contribution in [0.2, 0.25) is 0 Å². The summed E-state index contributed by atoms with van der Waals surface area (Å²) in [5.74, 6) is 0. The topological polar surface area (TPSA) is 12.9 Å². The molecule has 0 unspecified atom stereocenters. The van der Waals surface area contributed by atoms with Gasteiger partial charge in [-0.25, -0.2) is 0 Å². The van der Waals surface area contributed by atoms with Crippen molar-refractivity contribution in [3.8, 4) is 11.1 Å². The van der Waals surface area contributed by atoms with Gasteiger partial charge in [0.1, 0.15) is 0 Å². The van der Waals surface area contributed by atoms with Gasteiger partial charge < -0.3 is 0 Å². The molecule has 88 valence electrons. The summed E-state index contributed by atoms with van der Waals surface area (Å²) >= 11 is 1.88. The van der Waals surface area contributed by atoms with E-state index in [0.29, 0.717) is 0 Å². The molecule has 0 aliphatic carbocycles. The van der Waals surface area contributed by atoms with E-state index in [1.807, 2.05) is 30.2 Å². The maximum absolute atomic E-state index is 4.24.